The molecule has 0 aliphatic heterocycles. The second-order valence-corrected chi connectivity index (χ2v) is 4.68. The lowest BCUT2D eigenvalue weighted by molar-refractivity contribution is 0.0624. The third-order valence-electron chi connectivity index (χ3n) is 2.93. The van der Waals surface area contributed by atoms with Crippen LogP contribution in [-0.4, -0.2) is 24.4 Å². The van der Waals surface area contributed by atoms with Crippen LogP contribution in [0, 0.1) is 18.3 Å². The molecule has 0 bridgehead atoms. The monoisotopic (exact) mass is 283 g/mol. The van der Waals surface area contributed by atoms with Crippen LogP contribution in [0.25, 0.3) is 0 Å². The van der Waals surface area contributed by atoms with E-state index in [-0.39, 0.29) is 13.2 Å². The molecule has 0 amide bonds. The second-order valence-electron chi connectivity index (χ2n) is 4.68. The lowest BCUT2D eigenvalue weighted by Crippen LogP contribution is -2.25. The number of nitriles is 1. The molecule has 2 rings (SSSR count). The van der Waals surface area contributed by atoms with Gasteiger partial charge in [0.2, 0.25) is 0 Å². The first-order valence-electron chi connectivity index (χ1n) is 6.68. The Morgan fingerprint density at radius 1 is 1.10 bits per heavy atom. The van der Waals surface area contributed by atoms with Crippen molar-refractivity contribution in [3.05, 3.63) is 59.7 Å². The summed E-state index contributed by atoms with van der Waals surface area (Å²) in [4.78, 5) is 0. The minimum absolute atomic E-state index is 0.112. The van der Waals surface area contributed by atoms with Gasteiger partial charge in [-0.05, 0) is 36.8 Å². The van der Waals surface area contributed by atoms with Gasteiger partial charge >= 0.3 is 0 Å². The molecule has 0 saturated carbocycles. The number of aryl methyl sites for hydroxylation is 1. The lowest BCUT2D eigenvalue weighted by Gasteiger charge is -2.14. The van der Waals surface area contributed by atoms with E-state index in [9.17, 15) is 5.11 Å². The SMILES string of the molecule is Cc1ccccc1OCC(O)COc1cccc(C#N)c1. The van der Waals surface area contributed by atoms with Crippen molar-refractivity contribution < 1.29 is 14.6 Å². The topological polar surface area (TPSA) is 62.5 Å². The Morgan fingerprint density at radius 3 is 2.62 bits per heavy atom. The van der Waals surface area contributed by atoms with Crippen LogP contribution in [0.15, 0.2) is 48.5 Å². The van der Waals surface area contributed by atoms with Crippen molar-refractivity contribution in [2.24, 2.45) is 0 Å². The first kappa shape index (κ1) is 14.9. The number of rotatable bonds is 6. The molecule has 0 spiro atoms. The normalized spacial score (nSPS) is 11.5. The zero-order valence-corrected chi connectivity index (χ0v) is 11.8. The largest absolute Gasteiger partial charge is 0.491 e. The van der Waals surface area contributed by atoms with Gasteiger partial charge in [-0.25, -0.2) is 0 Å². The predicted molar refractivity (Wildman–Crippen MR) is 79.3 cm³/mol. The van der Waals surface area contributed by atoms with Crippen LogP contribution in [0.5, 0.6) is 11.5 Å². The van der Waals surface area contributed by atoms with Gasteiger partial charge in [-0.2, -0.15) is 5.26 Å². The van der Waals surface area contributed by atoms with Crippen LogP contribution in [0.1, 0.15) is 11.1 Å². The molecular weight excluding hydrogens is 266 g/mol. The molecule has 0 aliphatic carbocycles. The Bertz CT molecular complexity index is 634. The molecule has 4 heteroatoms. The molecule has 0 saturated heterocycles. The molecule has 108 valence electrons. The van der Waals surface area contributed by atoms with Crippen molar-refractivity contribution in [3.63, 3.8) is 0 Å². The maximum Gasteiger partial charge on any atom is 0.122 e. The van der Waals surface area contributed by atoms with Crippen LogP contribution in [0.4, 0.5) is 0 Å². The fraction of sp³-hybridized carbons (Fsp3) is 0.235. The molecule has 0 heterocycles. The van der Waals surface area contributed by atoms with E-state index in [4.69, 9.17) is 14.7 Å². The highest BCUT2D eigenvalue weighted by Gasteiger charge is 2.08. The molecule has 0 fully saturated rings. The van der Waals surface area contributed by atoms with E-state index in [0.29, 0.717) is 11.3 Å². The number of aliphatic hydroxyl groups excluding tert-OH is 1. The van der Waals surface area contributed by atoms with E-state index >= 15 is 0 Å². The lowest BCUT2D eigenvalue weighted by atomic mass is 10.2. The van der Waals surface area contributed by atoms with E-state index in [2.05, 4.69) is 0 Å². The van der Waals surface area contributed by atoms with E-state index in [1.807, 2.05) is 37.3 Å². The van der Waals surface area contributed by atoms with Gasteiger partial charge in [0.1, 0.15) is 30.8 Å². The van der Waals surface area contributed by atoms with E-state index in [0.717, 1.165) is 11.3 Å². The Hall–Kier alpha value is -2.51. The maximum atomic E-state index is 9.87. The van der Waals surface area contributed by atoms with Gasteiger partial charge in [0, 0.05) is 0 Å². The van der Waals surface area contributed by atoms with Crippen molar-refractivity contribution in [1.29, 1.82) is 5.26 Å². The van der Waals surface area contributed by atoms with Gasteiger partial charge in [-0.3, -0.25) is 0 Å². The number of benzene rings is 2. The van der Waals surface area contributed by atoms with Crippen LogP contribution in [0.3, 0.4) is 0 Å². The van der Waals surface area contributed by atoms with Crippen molar-refractivity contribution in [2.75, 3.05) is 13.2 Å². The second kappa shape index (κ2) is 7.32. The van der Waals surface area contributed by atoms with Gasteiger partial charge in [0.15, 0.2) is 0 Å². The van der Waals surface area contributed by atoms with E-state index < -0.39 is 6.10 Å². The average molecular weight is 283 g/mol. The number of ether oxygens (including phenoxy) is 2. The Morgan fingerprint density at radius 2 is 1.86 bits per heavy atom. The summed E-state index contributed by atoms with van der Waals surface area (Å²) in [5, 5.41) is 18.7. The Kier molecular flexibility index (Phi) is 5.19. The van der Waals surface area contributed by atoms with Crippen molar-refractivity contribution >= 4 is 0 Å². The maximum absolute atomic E-state index is 9.87. The van der Waals surface area contributed by atoms with E-state index in [1.54, 1.807) is 24.3 Å². The van der Waals surface area contributed by atoms with Crippen molar-refractivity contribution in [3.8, 4) is 17.6 Å². The zero-order valence-electron chi connectivity index (χ0n) is 11.8. The summed E-state index contributed by atoms with van der Waals surface area (Å²) in [5.74, 6) is 1.31. The van der Waals surface area contributed by atoms with Crippen LogP contribution in [-0.2, 0) is 0 Å². The summed E-state index contributed by atoms with van der Waals surface area (Å²) >= 11 is 0. The molecule has 2 aromatic rings. The molecule has 4 nitrogen and oxygen atoms in total. The molecule has 0 radical (unpaired) electrons. The molecule has 0 aliphatic rings. The molecule has 2 aromatic carbocycles. The van der Waals surface area contributed by atoms with Gasteiger partial charge in [0.25, 0.3) is 0 Å². The molecule has 21 heavy (non-hydrogen) atoms. The fourth-order valence-electron chi connectivity index (χ4n) is 1.80. The standard InChI is InChI=1S/C17H17NO3/c1-13-5-2-3-8-17(13)21-12-15(19)11-20-16-7-4-6-14(9-16)10-18/h2-9,15,19H,11-12H2,1H3. The van der Waals surface area contributed by atoms with Gasteiger partial charge < -0.3 is 14.6 Å². The van der Waals surface area contributed by atoms with Crippen molar-refractivity contribution in [2.45, 2.75) is 13.0 Å². The average Bonchev–Trinajstić information content (AvgIpc) is 2.52. The highest BCUT2D eigenvalue weighted by atomic mass is 16.5. The smallest absolute Gasteiger partial charge is 0.122 e. The summed E-state index contributed by atoms with van der Waals surface area (Å²) in [6, 6.07) is 16.5. The van der Waals surface area contributed by atoms with Gasteiger partial charge in [-0.15, -0.1) is 0 Å². The van der Waals surface area contributed by atoms with Gasteiger partial charge in [-0.1, -0.05) is 24.3 Å². The fourth-order valence-corrected chi connectivity index (χ4v) is 1.80. The van der Waals surface area contributed by atoms with Crippen LogP contribution in [0.2, 0.25) is 0 Å². The summed E-state index contributed by atoms with van der Waals surface area (Å²) in [6.07, 6.45) is -0.740. The first-order valence-corrected chi connectivity index (χ1v) is 6.68. The Labute approximate surface area is 124 Å². The predicted octanol–water partition coefficient (Wildman–Crippen LogP) is 2.69. The summed E-state index contributed by atoms with van der Waals surface area (Å²) < 4.78 is 11.0. The number of hydrogen-bond donors (Lipinski definition) is 1. The highest BCUT2D eigenvalue weighted by molar-refractivity contribution is 5.36. The minimum Gasteiger partial charge on any atom is -0.491 e. The van der Waals surface area contributed by atoms with Crippen LogP contribution >= 0.6 is 0 Å². The number of aliphatic hydroxyl groups is 1. The number of hydrogen-bond acceptors (Lipinski definition) is 4. The van der Waals surface area contributed by atoms with E-state index in [1.165, 1.54) is 0 Å². The molecule has 1 atom stereocenters. The summed E-state index contributed by atoms with van der Waals surface area (Å²) in [5.41, 5.74) is 1.55. The first-order chi connectivity index (χ1) is 10.2. The quantitative estimate of drug-likeness (QED) is 0.885. The molecule has 1 N–H and O–H groups in total. The van der Waals surface area contributed by atoms with Crippen molar-refractivity contribution in [1.82, 2.24) is 0 Å². The molecule has 1 unspecified atom stereocenters. The summed E-state index contributed by atoms with van der Waals surface area (Å²) in [6.45, 7) is 2.22. The zero-order chi connectivity index (χ0) is 15.1. The third-order valence-corrected chi connectivity index (χ3v) is 2.93. The molecular formula is C17H17NO3. The highest BCUT2D eigenvalue weighted by Crippen LogP contribution is 2.17. The van der Waals surface area contributed by atoms with Crippen LogP contribution < -0.4 is 9.47 Å². The third kappa shape index (κ3) is 4.51. The minimum atomic E-state index is -0.740. The number of para-hydroxylation sites is 1. The molecule has 0 aromatic heterocycles. The Balaban J connectivity index is 1.81. The van der Waals surface area contributed by atoms with Gasteiger partial charge in [0.05, 0.1) is 11.6 Å². The number of nitrogens with zero attached hydrogens (tertiary/aromatic N) is 1. The summed E-state index contributed by atoms with van der Waals surface area (Å²) in [7, 11) is 0.